The van der Waals surface area contributed by atoms with Crippen molar-refractivity contribution in [2.75, 3.05) is 12.9 Å². The monoisotopic (exact) mass is 314 g/mol. The average molecular weight is 314 g/mol. The minimum absolute atomic E-state index is 0.249. The second kappa shape index (κ2) is 8.29. The van der Waals surface area contributed by atoms with Gasteiger partial charge in [-0.15, -0.1) is 18.3 Å². The Morgan fingerprint density at radius 3 is 2.23 bits per heavy atom. The van der Waals surface area contributed by atoms with Gasteiger partial charge in [-0.2, -0.15) is 0 Å². The molecule has 0 fully saturated rings. The molecule has 2 rings (SSSR count). The molecule has 0 aliphatic carbocycles. The second-order valence-corrected chi connectivity index (χ2v) is 5.66. The molecular formula is C18H18O3S. The molecule has 0 saturated heterocycles. The van der Waals surface area contributed by atoms with Crippen molar-refractivity contribution in [2.24, 2.45) is 0 Å². The van der Waals surface area contributed by atoms with Crippen molar-refractivity contribution in [3.63, 3.8) is 0 Å². The van der Waals surface area contributed by atoms with Gasteiger partial charge in [0.15, 0.2) is 0 Å². The fourth-order valence-electron chi connectivity index (χ4n) is 1.81. The van der Waals surface area contributed by atoms with Crippen LogP contribution < -0.4 is 4.74 Å². The van der Waals surface area contributed by atoms with Crippen molar-refractivity contribution in [2.45, 2.75) is 11.3 Å². The van der Waals surface area contributed by atoms with Crippen LogP contribution in [0.25, 0.3) is 0 Å². The molecule has 0 unspecified atom stereocenters. The van der Waals surface area contributed by atoms with E-state index in [1.165, 1.54) is 12.0 Å². The summed E-state index contributed by atoms with van der Waals surface area (Å²) in [6.45, 7) is 3.71. The zero-order valence-electron chi connectivity index (χ0n) is 12.5. The topological polar surface area (TPSA) is 35.5 Å². The summed E-state index contributed by atoms with van der Waals surface area (Å²) in [6, 6.07) is 15.3. The van der Waals surface area contributed by atoms with Gasteiger partial charge in [-0.25, -0.2) is 0 Å². The number of hydrogen-bond acceptors (Lipinski definition) is 4. The van der Waals surface area contributed by atoms with Gasteiger partial charge in [0.1, 0.15) is 11.5 Å². The molecule has 0 amide bonds. The second-order valence-electron chi connectivity index (χ2n) is 4.57. The van der Waals surface area contributed by atoms with Crippen molar-refractivity contribution in [3.05, 3.63) is 66.7 Å². The quantitative estimate of drug-likeness (QED) is 0.429. The fraction of sp³-hybridized carbons (Fsp3) is 0.167. The summed E-state index contributed by atoms with van der Waals surface area (Å²) in [6.07, 6.45) is 2.15. The molecule has 0 spiro atoms. The minimum atomic E-state index is -0.249. The number of thioether (sulfide) groups is 1. The molecule has 0 heterocycles. The Hall–Kier alpha value is -2.20. The lowest BCUT2D eigenvalue weighted by molar-refractivity contribution is -0.139. The highest BCUT2D eigenvalue weighted by Crippen LogP contribution is 2.25. The molecule has 0 atom stereocenters. The van der Waals surface area contributed by atoms with E-state index in [-0.39, 0.29) is 12.4 Å². The van der Waals surface area contributed by atoms with Gasteiger partial charge in [0, 0.05) is 10.6 Å². The third-order valence-corrected chi connectivity index (χ3v) is 3.93. The van der Waals surface area contributed by atoms with Gasteiger partial charge in [-0.1, -0.05) is 18.2 Å². The predicted molar refractivity (Wildman–Crippen MR) is 89.6 cm³/mol. The van der Waals surface area contributed by atoms with Gasteiger partial charge < -0.3 is 9.47 Å². The van der Waals surface area contributed by atoms with Gasteiger partial charge in [-0.05, 0) is 42.0 Å². The van der Waals surface area contributed by atoms with E-state index in [9.17, 15) is 4.79 Å². The van der Waals surface area contributed by atoms with Gasteiger partial charge in [0.25, 0.3) is 0 Å². The predicted octanol–water partition coefficient (Wildman–Crippen LogP) is 4.47. The third kappa shape index (κ3) is 4.97. The molecule has 0 radical (unpaired) electrons. The molecule has 22 heavy (non-hydrogen) atoms. The minimum Gasteiger partial charge on any atom is -0.469 e. The summed E-state index contributed by atoms with van der Waals surface area (Å²) in [5, 5.41) is 0. The van der Waals surface area contributed by atoms with Gasteiger partial charge in [0.2, 0.25) is 0 Å². The molecule has 2 aromatic rings. The Bertz CT molecular complexity index is 618. The largest absolute Gasteiger partial charge is 0.469 e. The van der Waals surface area contributed by atoms with Crippen LogP contribution in [-0.4, -0.2) is 18.8 Å². The first-order chi connectivity index (χ1) is 10.7. The lowest BCUT2D eigenvalue weighted by Crippen LogP contribution is -2.04. The molecule has 0 aliphatic heterocycles. The number of hydrogen-bond donors (Lipinski definition) is 0. The summed E-state index contributed by atoms with van der Waals surface area (Å²) in [5.74, 6) is 2.16. The molecule has 0 bridgehead atoms. The smallest absolute Gasteiger partial charge is 0.309 e. The van der Waals surface area contributed by atoms with Crippen molar-refractivity contribution in [1.82, 2.24) is 0 Å². The highest BCUT2D eigenvalue weighted by molar-refractivity contribution is 7.99. The molecular weight excluding hydrogens is 296 g/mol. The van der Waals surface area contributed by atoms with Crippen molar-refractivity contribution in [3.8, 4) is 11.5 Å². The Balaban J connectivity index is 1.95. The van der Waals surface area contributed by atoms with Crippen LogP contribution >= 0.6 is 11.8 Å². The number of carbonyl (C=O) groups excluding carboxylic acids is 1. The zero-order chi connectivity index (χ0) is 15.8. The van der Waals surface area contributed by atoms with Gasteiger partial charge in [-0.3, -0.25) is 4.79 Å². The maximum Gasteiger partial charge on any atom is 0.309 e. The van der Waals surface area contributed by atoms with Crippen molar-refractivity contribution < 1.29 is 14.3 Å². The Kier molecular flexibility index (Phi) is 6.10. The summed E-state index contributed by atoms with van der Waals surface area (Å²) in [5.41, 5.74) is 0.898. The summed E-state index contributed by atoms with van der Waals surface area (Å²) < 4.78 is 10.4. The zero-order valence-corrected chi connectivity index (χ0v) is 13.3. The number of ether oxygens (including phenoxy) is 2. The van der Waals surface area contributed by atoms with Crippen LogP contribution in [0.4, 0.5) is 0 Å². The normalized spacial score (nSPS) is 10.0. The highest BCUT2D eigenvalue weighted by Gasteiger charge is 2.03. The molecule has 0 N–H and O–H groups in total. The summed E-state index contributed by atoms with van der Waals surface area (Å²) in [4.78, 5) is 12.4. The SMILES string of the molecule is C=CCSc1ccc(Oc2ccc(CC(=O)OC)cc2)cc1. The molecule has 4 heteroatoms. The van der Waals surface area contributed by atoms with Crippen LogP contribution in [0, 0.1) is 0 Å². The van der Waals surface area contributed by atoms with Gasteiger partial charge >= 0.3 is 5.97 Å². The number of esters is 1. The maximum atomic E-state index is 11.2. The van der Waals surface area contributed by atoms with E-state index in [1.807, 2.05) is 54.6 Å². The molecule has 0 aliphatic rings. The Morgan fingerprint density at radius 2 is 1.68 bits per heavy atom. The maximum absolute atomic E-state index is 11.2. The standard InChI is InChI=1S/C18H18O3S/c1-3-12-22-17-10-8-16(9-11-17)21-15-6-4-14(5-7-15)13-18(19)20-2/h3-11H,1,12-13H2,2H3. The number of benzene rings is 2. The van der Waals surface area contributed by atoms with Crippen LogP contribution in [0.15, 0.2) is 66.1 Å². The highest BCUT2D eigenvalue weighted by atomic mass is 32.2. The van der Waals surface area contributed by atoms with Crippen molar-refractivity contribution >= 4 is 17.7 Å². The number of methoxy groups -OCH3 is 1. The first kappa shape index (κ1) is 16.2. The van der Waals surface area contributed by atoms with E-state index in [2.05, 4.69) is 11.3 Å². The summed E-state index contributed by atoms with van der Waals surface area (Å²) >= 11 is 1.73. The van der Waals surface area contributed by atoms with E-state index in [0.717, 1.165) is 22.8 Å². The average Bonchev–Trinajstić information content (AvgIpc) is 2.56. The van der Waals surface area contributed by atoms with Gasteiger partial charge in [0.05, 0.1) is 13.5 Å². The molecule has 0 saturated carbocycles. The van der Waals surface area contributed by atoms with Crippen LogP contribution in [-0.2, 0) is 16.0 Å². The molecule has 114 valence electrons. The van der Waals surface area contributed by atoms with E-state index in [1.54, 1.807) is 11.8 Å². The molecule has 2 aromatic carbocycles. The lowest BCUT2D eigenvalue weighted by atomic mass is 10.1. The van der Waals surface area contributed by atoms with Crippen LogP contribution in [0.2, 0.25) is 0 Å². The third-order valence-electron chi connectivity index (χ3n) is 2.93. The van der Waals surface area contributed by atoms with Crippen LogP contribution in [0.5, 0.6) is 11.5 Å². The van der Waals surface area contributed by atoms with E-state index in [4.69, 9.17) is 4.74 Å². The molecule has 3 nitrogen and oxygen atoms in total. The van der Waals surface area contributed by atoms with E-state index in [0.29, 0.717) is 0 Å². The first-order valence-electron chi connectivity index (χ1n) is 6.88. The van der Waals surface area contributed by atoms with Crippen molar-refractivity contribution in [1.29, 1.82) is 0 Å². The molecule has 0 aromatic heterocycles. The van der Waals surface area contributed by atoms with E-state index >= 15 is 0 Å². The Labute approximate surface area is 135 Å². The number of rotatable bonds is 7. The first-order valence-corrected chi connectivity index (χ1v) is 7.87. The lowest BCUT2D eigenvalue weighted by Gasteiger charge is -2.07. The summed E-state index contributed by atoms with van der Waals surface area (Å²) in [7, 11) is 1.39. The number of carbonyl (C=O) groups is 1. The van der Waals surface area contributed by atoms with Crippen LogP contribution in [0.3, 0.4) is 0 Å². The fourth-order valence-corrected chi connectivity index (χ4v) is 2.45. The van der Waals surface area contributed by atoms with E-state index < -0.39 is 0 Å². The van der Waals surface area contributed by atoms with Crippen LogP contribution in [0.1, 0.15) is 5.56 Å². The Morgan fingerprint density at radius 1 is 1.09 bits per heavy atom.